The molecule has 0 fully saturated rings. The molecule has 2 N–H and O–H groups in total. The van der Waals surface area contributed by atoms with Gasteiger partial charge in [-0.1, -0.05) is 44.2 Å². The second-order valence-corrected chi connectivity index (χ2v) is 6.78. The van der Waals surface area contributed by atoms with Crippen LogP contribution in [0.2, 0.25) is 0 Å². The molecule has 0 aliphatic heterocycles. The number of carbonyl (C=O) groups excluding carboxylic acids is 1. The van der Waals surface area contributed by atoms with Crippen molar-refractivity contribution in [3.8, 4) is 0 Å². The third-order valence-corrected chi connectivity index (χ3v) is 4.82. The number of para-hydroxylation sites is 3. The van der Waals surface area contributed by atoms with Crippen LogP contribution in [0.5, 0.6) is 0 Å². The Kier molecular flexibility index (Phi) is 5.20. The number of nitrogens with zero attached hydrogens (tertiary/aromatic N) is 1. The van der Waals surface area contributed by atoms with Gasteiger partial charge in [0.15, 0.2) is 17.6 Å². The first kappa shape index (κ1) is 16.6. The van der Waals surface area contributed by atoms with Crippen molar-refractivity contribution in [3.63, 3.8) is 0 Å². The lowest BCUT2D eigenvalue weighted by Gasteiger charge is -2.09. The highest BCUT2D eigenvalue weighted by atomic mass is 32.2. The van der Waals surface area contributed by atoms with Crippen LogP contribution in [0.3, 0.4) is 0 Å². The van der Waals surface area contributed by atoms with E-state index < -0.39 is 0 Å². The molecule has 0 aliphatic rings. The number of benzene rings is 2. The molecular weight excluding hydrogens is 318 g/mol. The maximum atomic E-state index is 12.6. The first-order chi connectivity index (χ1) is 11.7. The van der Waals surface area contributed by atoms with E-state index in [4.69, 9.17) is 0 Å². The number of fused-ring (bicyclic) bond motifs is 1. The molecule has 0 unspecified atom stereocenters. The normalized spacial score (nSPS) is 10.9. The summed E-state index contributed by atoms with van der Waals surface area (Å²) in [5, 5.41) is 4.06. The molecule has 0 atom stereocenters. The minimum absolute atomic E-state index is 0.0105. The third-order valence-electron chi connectivity index (χ3n) is 3.94. The summed E-state index contributed by atoms with van der Waals surface area (Å²) in [6, 6.07) is 16.0. The van der Waals surface area contributed by atoms with Gasteiger partial charge in [-0.15, -0.1) is 0 Å². The Morgan fingerprint density at radius 2 is 1.88 bits per heavy atom. The van der Waals surface area contributed by atoms with Gasteiger partial charge in [0.1, 0.15) is 0 Å². The van der Waals surface area contributed by atoms with Crippen LogP contribution in [-0.4, -0.2) is 16.6 Å². The SMILES string of the molecule is CCSc1[nH]c2ccccc2[n+]1CC(=O)Nc1ccccc1CC. The summed E-state index contributed by atoms with van der Waals surface area (Å²) in [6.45, 7) is 4.50. The van der Waals surface area contributed by atoms with E-state index in [9.17, 15) is 4.79 Å². The maximum Gasteiger partial charge on any atom is 0.317 e. The average molecular weight is 340 g/mol. The Bertz CT molecular complexity index is 857. The van der Waals surface area contributed by atoms with Gasteiger partial charge in [0, 0.05) is 11.4 Å². The van der Waals surface area contributed by atoms with Gasteiger partial charge >= 0.3 is 5.16 Å². The largest absolute Gasteiger partial charge is 0.322 e. The average Bonchev–Trinajstić information content (AvgIpc) is 2.93. The molecule has 0 bridgehead atoms. The number of carbonyl (C=O) groups is 1. The zero-order chi connectivity index (χ0) is 16.9. The highest BCUT2D eigenvalue weighted by Crippen LogP contribution is 2.18. The minimum atomic E-state index is -0.0105. The van der Waals surface area contributed by atoms with E-state index in [0.717, 1.165) is 39.6 Å². The van der Waals surface area contributed by atoms with E-state index in [-0.39, 0.29) is 5.91 Å². The fraction of sp³-hybridized carbons (Fsp3) is 0.263. The van der Waals surface area contributed by atoms with Crippen molar-refractivity contribution in [2.75, 3.05) is 11.1 Å². The van der Waals surface area contributed by atoms with Crippen LogP contribution in [-0.2, 0) is 17.8 Å². The lowest BCUT2D eigenvalue weighted by molar-refractivity contribution is -0.695. The second-order valence-electron chi connectivity index (χ2n) is 5.53. The quantitative estimate of drug-likeness (QED) is 0.530. The lowest BCUT2D eigenvalue weighted by Crippen LogP contribution is -2.41. The van der Waals surface area contributed by atoms with Gasteiger partial charge in [-0.2, -0.15) is 0 Å². The molecule has 4 nitrogen and oxygen atoms in total. The highest BCUT2D eigenvalue weighted by Gasteiger charge is 2.21. The molecule has 3 rings (SSSR count). The number of hydrogen-bond donors (Lipinski definition) is 2. The van der Waals surface area contributed by atoms with Crippen LogP contribution >= 0.6 is 11.8 Å². The van der Waals surface area contributed by atoms with Crippen molar-refractivity contribution in [3.05, 3.63) is 54.1 Å². The number of hydrogen-bond acceptors (Lipinski definition) is 2. The Morgan fingerprint density at radius 3 is 2.67 bits per heavy atom. The fourth-order valence-electron chi connectivity index (χ4n) is 2.80. The molecule has 5 heteroatoms. The van der Waals surface area contributed by atoms with Crippen molar-refractivity contribution in [1.29, 1.82) is 0 Å². The zero-order valence-electron chi connectivity index (χ0n) is 14.0. The van der Waals surface area contributed by atoms with Gasteiger partial charge in [0.2, 0.25) is 0 Å². The number of aromatic amines is 1. The number of rotatable bonds is 6. The van der Waals surface area contributed by atoms with Gasteiger partial charge < -0.3 is 5.32 Å². The number of anilines is 1. The summed E-state index contributed by atoms with van der Waals surface area (Å²) in [5.41, 5.74) is 4.15. The van der Waals surface area contributed by atoms with Gasteiger partial charge in [-0.25, -0.2) is 9.55 Å². The van der Waals surface area contributed by atoms with Crippen LogP contribution in [0.15, 0.2) is 53.7 Å². The topological polar surface area (TPSA) is 48.8 Å². The predicted octanol–water partition coefficient (Wildman–Crippen LogP) is 3.77. The summed E-state index contributed by atoms with van der Waals surface area (Å²) in [7, 11) is 0. The summed E-state index contributed by atoms with van der Waals surface area (Å²) in [6.07, 6.45) is 0.896. The van der Waals surface area contributed by atoms with Crippen LogP contribution in [0.25, 0.3) is 11.0 Å². The van der Waals surface area contributed by atoms with Gasteiger partial charge in [0.25, 0.3) is 5.91 Å². The van der Waals surface area contributed by atoms with Crippen molar-refractivity contribution in [1.82, 2.24) is 4.98 Å². The number of thioether (sulfide) groups is 1. The van der Waals surface area contributed by atoms with Crippen molar-refractivity contribution in [2.45, 2.75) is 32.0 Å². The highest BCUT2D eigenvalue weighted by molar-refractivity contribution is 7.99. The number of amides is 1. The summed E-state index contributed by atoms with van der Waals surface area (Å²) in [5.74, 6) is 0.941. The standard InChI is InChI=1S/C19H21N3OS/c1-3-14-9-5-6-10-15(14)20-18(23)13-22-17-12-8-7-11-16(17)21-19(22)24-4-2/h5-12H,3-4,13H2,1-2H3,(H,20,23)/p+1. The lowest BCUT2D eigenvalue weighted by atomic mass is 10.1. The predicted molar refractivity (Wildman–Crippen MR) is 99.3 cm³/mol. The van der Waals surface area contributed by atoms with Crippen LogP contribution < -0.4 is 9.88 Å². The minimum Gasteiger partial charge on any atom is -0.322 e. The van der Waals surface area contributed by atoms with Crippen molar-refractivity contribution < 1.29 is 9.36 Å². The molecule has 1 aromatic heterocycles. The molecule has 1 amide bonds. The Balaban J connectivity index is 1.86. The zero-order valence-corrected chi connectivity index (χ0v) is 14.8. The molecule has 2 aromatic carbocycles. The van der Waals surface area contributed by atoms with E-state index in [1.807, 2.05) is 53.1 Å². The smallest absolute Gasteiger partial charge is 0.317 e. The van der Waals surface area contributed by atoms with Crippen LogP contribution in [0.4, 0.5) is 5.69 Å². The maximum absolute atomic E-state index is 12.6. The van der Waals surface area contributed by atoms with E-state index in [1.54, 1.807) is 11.8 Å². The van der Waals surface area contributed by atoms with E-state index in [2.05, 4.69) is 24.1 Å². The van der Waals surface area contributed by atoms with Gasteiger partial charge in [-0.05, 0) is 41.9 Å². The van der Waals surface area contributed by atoms with Crippen molar-refractivity contribution >= 4 is 34.4 Å². The number of imidazole rings is 1. The Labute approximate surface area is 146 Å². The van der Waals surface area contributed by atoms with E-state index in [1.165, 1.54) is 0 Å². The first-order valence-corrected chi connectivity index (χ1v) is 9.22. The third kappa shape index (κ3) is 3.46. The van der Waals surface area contributed by atoms with Crippen molar-refractivity contribution in [2.24, 2.45) is 0 Å². The number of aryl methyl sites for hydroxylation is 1. The van der Waals surface area contributed by atoms with Gasteiger partial charge in [-0.3, -0.25) is 4.79 Å². The van der Waals surface area contributed by atoms with Crippen LogP contribution in [0, 0.1) is 0 Å². The molecule has 0 radical (unpaired) electrons. The summed E-state index contributed by atoms with van der Waals surface area (Å²) < 4.78 is 2.05. The molecule has 124 valence electrons. The Hall–Kier alpha value is -2.27. The molecule has 0 spiro atoms. The number of H-pyrrole nitrogens is 1. The number of aromatic nitrogens is 2. The molecule has 0 saturated heterocycles. The summed E-state index contributed by atoms with van der Waals surface area (Å²) in [4.78, 5) is 16.0. The Morgan fingerprint density at radius 1 is 1.12 bits per heavy atom. The molecular formula is C19H22N3OS+. The summed E-state index contributed by atoms with van der Waals surface area (Å²) >= 11 is 1.71. The van der Waals surface area contributed by atoms with E-state index >= 15 is 0 Å². The molecule has 0 saturated carbocycles. The van der Waals surface area contributed by atoms with Crippen LogP contribution in [0.1, 0.15) is 19.4 Å². The van der Waals surface area contributed by atoms with E-state index in [0.29, 0.717) is 6.54 Å². The molecule has 24 heavy (non-hydrogen) atoms. The fourth-order valence-corrected chi connectivity index (χ4v) is 3.57. The number of nitrogens with one attached hydrogen (secondary N) is 2. The van der Waals surface area contributed by atoms with Gasteiger partial charge in [0.05, 0.1) is 0 Å². The first-order valence-electron chi connectivity index (χ1n) is 8.24. The monoisotopic (exact) mass is 340 g/mol. The molecule has 1 heterocycles. The second kappa shape index (κ2) is 7.53. The molecule has 3 aromatic rings. The molecule has 0 aliphatic carbocycles.